The van der Waals surface area contributed by atoms with E-state index in [9.17, 15) is 4.21 Å². The Morgan fingerprint density at radius 2 is 2.36 bits per heavy atom. The Morgan fingerprint density at radius 3 is 3.00 bits per heavy atom. The van der Waals surface area contributed by atoms with Crippen LogP contribution in [-0.2, 0) is 14.8 Å². The van der Waals surface area contributed by atoms with Crippen LogP contribution in [0, 0.1) is 4.78 Å². The second-order valence-electron chi connectivity index (χ2n) is 1.95. The lowest BCUT2D eigenvalue weighted by molar-refractivity contribution is 0.187. The molecule has 1 atom stereocenters. The van der Waals surface area contributed by atoms with Crippen LogP contribution >= 0.6 is 0 Å². The van der Waals surface area contributed by atoms with Gasteiger partial charge in [0.15, 0.2) is 16.8 Å². The number of hydrogen-bond donors (Lipinski definition) is 2. The van der Waals surface area contributed by atoms with Gasteiger partial charge in [-0.3, -0.25) is 0 Å². The topological polar surface area (TPSA) is 79.4 Å². The van der Waals surface area contributed by atoms with Crippen LogP contribution < -0.4 is 5.14 Å². The summed E-state index contributed by atoms with van der Waals surface area (Å²) in [7, 11) is -3.17. The zero-order chi connectivity index (χ0) is 8.32. The van der Waals surface area contributed by atoms with E-state index >= 15 is 0 Å². The van der Waals surface area contributed by atoms with Crippen molar-refractivity contribution in [1.82, 2.24) is 4.31 Å². The lowest BCUT2D eigenvalue weighted by Crippen LogP contribution is -2.32. The fourth-order valence-corrected chi connectivity index (χ4v) is 1.04. The van der Waals surface area contributed by atoms with Gasteiger partial charge in [0.25, 0.3) is 0 Å². The zero-order valence-corrected chi connectivity index (χ0v) is 6.58. The fraction of sp³-hybridized carbons (Fsp3) is 0.200. The Balaban J connectivity index is 2.77. The molecule has 0 radical (unpaired) electrons. The van der Waals surface area contributed by atoms with Crippen molar-refractivity contribution in [2.75, 3.05) is 6.73 Å². The molecule has 0 amide bonds. The molecule has 0 saturated heterocycles. The summed E-state index contributed by atoms with van der Waals surface area (Å²) in [6.07, 6.45) is 6.14. The van der Waals surface area contributed by atoms with Gasteiger partial charge in [-0.1, -0.05) is 0 Å². The maximum absolute atomic E-state index is 10.9. The SMILES string of the molecule is N=S(N)(=O)N1C=CC=COC1. The number of rotatable bonds is 1. The quantitative estimate of drug-likeness (QED) is 0.594. The molecule has 0 aromatic heterocycles. The van der Waals surface area contributed by atoms with Crippen LogP contribution in [0.4, 0.5) is 0 Å². The highest BCUT2D eigenvalue weighted by Crippen LogP contribution is 2.01. The Kier molecular flexibility index (Phi) is 2.16. The van der Waals surface area contributed by atoms with Gasteiger partial charge in [-0.15, -0.1) is 0 Å². The molecule has 0 aromatic rings. The van der Waals surface area contributed by atoms with Crippen molar-refractivity contribution in [2.45, 2.75) is 0 Å². The Bertz CT molecular complexity index is 280. The minimum Gasteiger partial charge on any atom is -0.480 e. The van der Waals surface area contributed by atoms with Gasteiger partial charge in [0.2, 0.25) is 0 Å². The van der Waals surface area contributed by atoms with Crippen LogP contribution in [0.1, 0.15) is 0 Å². The van der Waals surface area contributed by atoms with Crippen molar-refractivity contribution in [2.24, 2.45) is 5.14 Å². The first-order valence-corrected chi connectivity index (χ1v) is 4.47. The first-order valence-electron chi connectivity index (χ1n) is 2.89. The van der Waals surface area contributed by atoms with E-state index in [4.69, 9.17) is 14.7 Å². The van der Waals surface area contributed by atoms with E-state index < -0.39 is 10.1 Å². The zero-order valence-electron chi connectivity index (χ0n) is 5.77. The summed E-state index contributed by atoms with van der Waals surface area (Å²) in [5.41, 5.74) is 0. The van der Waals surface area contributed by atoms with Crippen molar-refractivity contribution in [1.29, 1.82) is 4.78 Å². The van der Waals surface area contributed by atoms with Gasteiger partial charge in [0.05, 0.1) is 6.26 Å². The second-order valence-corrected chi connectivity index (χ2v) is 3.56. The van der Waals surface area contributed by atoms with Crippen LogP contribution in [0.25, 0.3) is 0 Å². The summed E-state index contributed by atoms with van der Waals surface area (Å²) in [5, 5.41) is 5.04. The van der Waals surface area contributed by atoms with Crippen LogP contribution in [-0.4, -0.2) is 15.2 Å². The molecule has 0 aliphatic carbocycles. The van der Waals surface area contributed by atoms with Gasteiger partial charge in [-0.25, -0.2) is 18.4 Å². The molecule has 0 aromatic carbocycles. The summed E-state index contributed by atoms with van der Waals surface area (Å²) in [6.45, 7) is 0.0475. The average Bonchev–Trinajstić information content (AvgIpc) is 2.10. The monoisotopic (exact) mass is 175 g/mol. The van der Waals surface area contributed by atoms with Crippen molar-refractivity contribution in [3.63, 3.8) is 0 Å². The summed E-state index contributed by atoms with van der Waals surface area (Å²) in [4.78, 5) is 0. The van der Waals surface area contributed by atoms with Crippen molar-refractivity contribution >= 4 is 10.1 Å². The third-order valence-corrected chi connectivity index (χ3v) is 2.01. The number of ether oxygens (including phenoxy) is 1. The van der Waals surface area contributed by atoms with Crippen molar-refractivity contribution in [3.05, 3.63) is 24.6 Å². The summed E-state index contributed by atoms with van der Waals surface area (Å²) >= 11 is 0. The number of hydrogen-bond acceptors (Lipinski definition) is 3. The molecule has 62 valence electrons. The maximum atomic E-state index is 10.9. The van der Waals surface area contributed by atoms with Gasteiger partial charge in [-0.05, 0) is 12.2 Å². The molecule has 6 heteroatoms. The lowest BCUT2D eigenvalue weighted by Gasteiger charge is -2.16. The van der Waals surface area contributed by atoms with E-state index in [1.165, 1.54) is 12.5 Å². The molecule has 1 unspecified atom stereocenters. The number of nitrogens with one attached hydrogen (secondary N) is 1. The molecule has 1 heterocycles. The van der Waals surface area contributed by atoms with Crippen LogP contribution in [0.5, 0.6) is 0 Å². The highest BCUT2D eigenvalue weighted by Gasteiger charge is 2.08. The Labute approximate surface area is 65.4 Å². The van der Waals surface area contributed by atoms with E-state index in [0.29, 0.717) is 0 Å². The predicted octanol–water partition coefficient (Wildman–Crippen LogP) is 0.139. The minimum atomic E-state index is -3.17. The fourth-order valence-electron chi connectivity index (χ4n) is 0.575. The van der Waals surface area contributed by atoms with Crippen LogP contribution in [0.15, 0.2) is 24.6 Å². The largest absolute Gasteiger partial charge is 0.480 e. The van der Waals surface area contributed by atoms with Crippen LogP contribution in [0.2, 0.25) is 0 Å². The van der Waals surface area contributed by atoms with E-state index in [-0.39, 0.29) is 6.73 Å². The molecule has 1 rings (SSSR count). The molecule has 0 spiro atoms. The third kappa shape index (κ3) is 2.24. The Morgan fingerprint density at radius 1 is 1.64 bits per heavy atom. The summed E-state index contributed by atoms with van der Waals surface area (Å²) < 4.78 is 23.9. The van der Waals surface area contributed by atoms with Gasteiger partial charge in [-0.2, -0.15) is 0 Å². The highest BCUT2D eigenvalue weighted by molar-refractivity contribution is 7.87. The predicted molar refractivity (Wildman–Crippen MR) is 41.1 cm³/mol. The van der Waals surface area contributed by atoms with Crippen LogP contribution in [0.3, 0.4) is 0 Å². The minimum absolute atomic E-state index is 0.0475. The molecule has 11 heavy (non-hydrogen) atoms. The molecule has 0 saturated carbocycles. The normalized spacial score (nSPS) is 22.1. The van der Waals surface area contributed by atoms with E-state index in [0.717, 1.165) is 4.31 Å². The highest BCUT2D eigenvalue weighted by atomic mass is 32.2. The van der Waals surface area contributed by atoms with Gasteiger partial charge < -0.3 is 4.74 Å². The lowest BCUT2D eigenvalue weighted by atomic mass is 10.6. The van der Waals surface area contributed by atoms with E-state index in [2.05, 4.69) is 0 Å². The Hall–Kier alpha value is -1.01. The molecule has 3 N–H and O–H groups in total. The first kappa shape index (κ1) is 8.09. The van der Waals surface area contributed by atoms with Gasteiger partial charge >= 0.3 is 0 Å². The van der Waals surface area contributed by atoms with E-state index in [1.807, 2.05) is 0 Å². The number of allylic oxidation sites excluding steroid dienone is 2. The smallest absolute Gasteiger partial charge is 0.194 e. The van der Waals surface area contributed by atoms with Crippen molar-refractivity contribution in [3.8, 4) is 0 Å². The molecule has 5 nitrogen and oxygen atoms in total. The average molecular weight is 175 g/mol. The number of nitrogens with zero attached hydrogens (tertiary/aromatic N) is 1. The van der Waals surface area contributed by atoms with Gasteiger partial charge in [0, 0.05) is 6.20 Å². The third-order valence-electron chi connectivity index (χ3n) is 1.09. The molecular formula is C5H9N3O2S. The number of nitrogens with two attached hydrogens (primary N) is 1. The van der Waals surface area contributed by atoms with Gasteiger partial charge in [0.1, 0.15) is 0 Å². The summed E-state index contributed by atoms with van der Waals surface area (Å²) in [5.74, 6) is 0. The first-order chi connectivity index (χ1) is 5.11. The molecule has 1 aliphatic heterocycles. The molecular weight excluding hydrogens is 166 g/mol. The van der Waals surface area contributed by atoms with E-state index in [1.54, 1.807) is 12.2 Å². The van der Waals surface area contributed by atoms with Crippen molar-refractivity contribution < 1.29 is 8.95 Å². The molecule has 0 fully saturated rings. The molecule has 1 aliphatic rings. The summed E-state index contributed by atoms with van der Waals surface area (Å²) in [6, 6.07) is 0. The molecule has 0 bridgehead atoms. The maximum Gasteiger partial charge on any atom is 0.194 e. The second kappa shape index (κ2) is 2.93. The standard InChI is InChI=1S/C5H9N3O2S/c6-11(7,9)8-3-1-2-4-10-5-8/h1-4H,5H2,(H3,6,7,9).